The number of hydrogen-bond acceptors (Lipinski definition) is 8. The highest BCUT2D eigenvalue weighted by molar-refractivity contribution is 6.28. The molecule has 0 radical (unpaired) electrons. The standard InChI is InChI=1S/C29H24ClN9O2/c30-29-34-12-10-20(35-29)28(41)39-19-9-8-18(15-19)23(39)26-37-22(24-25(31)33-13-14-38(24)26)16-4-6-17(7-5-16)27(40)36-21-3-1-2-11-32-21/h1-7,10-14,18-19,23H,8-9,15H2,(H2,31,33)(H,32,36,40)/t18-,19+,23-/m0/s1. The van der Waals surface area contributed by atoms with Gasteiger partial charge in [0.05, 0.1) is 6.04 Å². The van der Waals surface area contributed by atoms with Gasteiger partial charge in [-0.05, 0) is 67.1 Å². The Morgan fingerprint density at radius 3 is 2.59 bits per heavy atom. The largest absolute Gasteiger partial charge is 0.382 e. The summed E-state index contributed by atoms with van der Waals surface area (Å²) in [6.07, 6.45) is 9.37. The Kier molecular flexibility index (Phi) is 6.08. The first-order valence-electron chi connectivity index (χ1n) is 13.2. The summed E-state index contributed by atoms with van der Waals surface area (Å²) in [4.78, 5) is 50.0. The van der Waals surface area contributed by atoms with E-state index in [1.165, 1.54) is 6.20 Å². The summed E-state index contributed by atoms with van der Waals surface area (Å²) < 4.78 is 1.93. The molecule has 204 valence electrons. The van der Waals surface area contributed by atoms with Gasteiger partial charge in [0.15, 0.2) is 0 Å². The number of piperidine rings is 1. The van der Waals surface area contributed by atoms with Crippen LogP contribution in [0.4, 0.5) is 11.6 Å². The van der Waals surface area contributed by atoms with Crippen LogP contribution >= 0.6 is 11.6 Å². The van der Waals surface area contributed by atoms with Crippen molar-refractivity contribution in [2.45, 2.75) is 31.3 Å². The zero-order valence-corrected chi connectivity index (χ0v) is 22.4. The zero-order chi connectivity index (χ0) is 28.1. The normalized spacial score (nSPS) is 19.5. The van der Waals surface area contributed by atoms with E-state index in [2.05, 4.69) is 25.3 Å². The molecule has 2 fully saturated rings. The van der Waals surface area contributed by atoms with Crippen LogP contribution in [0.25, 0.3) is 16.8 Å². The van der Waals surface area contributed by atoms with E-state index >= 15 is 0 Å². The minimum absolute atomic E-state index is 0.0290. The van der Waals surface area contributed by atoms with Gasteiger partial charge in [0, 0.05) is 42.0 Å². The first kappa shape index (κ1) is 25.1. The lowest BCUT2D eigenvalue weighted by Gasteiger charge is -2.34. The van der Waals surface area contributed by atoms with Gasteiger partial charge in [-0.2, -0.15) is 0 Å². The average Bonchev–Trinajstić information content (AvgIpc) is 3.71. The van der Waals surface area contributed by atoms with Crippen LogP contribution in [0.1, 0.15) is 52.0 Å². The van der Waals surface area contributed by atoms with E-state index < -0.39 is 0 Å². The smallest absolute Gasteiger partial charge is 0.273 e. The van der Waals surface area contributed by atoms with Gasteiger partial charge in [0.25, 0.3) is 11.8 Å². The molecule has 4 aromatic heterocycles. The summed E-state index contributed by atoms with van der Waals surface area (Å²) in [5.74, 6) is 1.28. The van der Waals surface area contributed by atoms with Gasteiger partial charge in [-0.15, -0.1) is 0 Å². The number of imidazole rings is 1. The molecule has 5 aromatic rings. The number of halogens is 1. The van der Waals surface area contributed by atoms with E-state index in [0.717, 1.165) is 24.8 Å². The van der Waals surface area contributed by atoms with E-state index in [-0.39, 0.29) is 40.8 Å². The van der Waals surface area contributed by atoms with Crippen LogP contribution in [0.5, 0.6) is 0 Å². The third kappa shape index (κ3) is 4.34. The molecule has 11 nitrogen and oxygen atoms in total. The second-order valence-electron chi connectivity index (χ2n) is 10.2. The van der Waals surface area contributed by atoms with E-state index in [9.17, 15) is 9.59 Å². The summed E-state index contributed by atoms with van der Waals surface area (Å²) in [7, 11) is 0. The Morgan fingerprint density at radius 1 is 0.951 bits per heavy atom. The number of nitrogen functional groups attached to an aromatic ring is 1. The molecule has 3 atom stereocenters. The molecule has 0 unspecified atom stereocenters. The summed E-state index contributed by atoms with van der Waals surface area (Å²) in [6.45, 7) is 0. The number of hydrogen-bond donors (Lipinski definition) is 2. The van der Waals surface area contributed by atoms with Gasteiger partial charge >= 0.3 is 0 Å². The molecule has 3 N–H and O–H groups in total. The predicted octanol–water partition coefficient (Wildman–Crippen LogP) is 4.44. The van der Waals surface area contributed by atoms with Crippen LogP contribution in [0.15, 0.2) is 73.3 Å². The van der Waals surface area contributed by atoms with Crippen LogP contribution in [0.3, 0.4) is 0 Å². The number of carbonyl (C=O) groups excluding carboxylic acids is 2. The number of rotatable bonds is 5. The average molecular weight is 566 g/mol. The third-order valence-corrected chi connectivity index (χ3v) is 8.05. The van der Waals surface area contributed by atoms with Crippen LogP contribution in [-0.4, -0.2) is 52.1 Å². The molecule has 1 saturated heterocycles. The number of amides is 2. The monoisotopic (exact) mass is 565 g/mol. The summed E-state index contributed by atoms with van der Waals surface area (Å²) >= 11 is 6.01. The fraction of sp³-hybridized carbons (Fsp3) is 0.207. The maximum atomic E-state index is 13.7. The topological polar surface area (TPSA) is 144 Å². The summed E-state index contributed by atoms with van der Waals surface area (Å²) in [5, 5.41) is 2.82. The van der Waals surface area contributed by atoms with Crippen LogP contribution in [-0.2, 0) is 0 Å². The van der Waals surface area contributed by atoms with Crippen LogP contribution in [0, 0.1) is 5.92 Å². The number of benzene rings is 1. The fourth-order valence-electron chi connectivity index (χ4n) is 6.10. The van der Waals surface area contributed by atoms with Crippen molar-refractivity contribution in [1.82, 2.24) is 34.2 Å². The number of fused-ring (bicyclic) bond motifs is 3. The maximum absolute atomic E-state index is 13.7. The van der Waals surface area contributed by atoms with E-state index in [1.807, 2.05) is 27.6 Å². The summed E-state index contributed by atoms with van der Waals surface area (Å²) in [5.41, 5.74) is 9.17. The second-order valence-corrected chi connectivity index (χ2v) is 10.5. The lowest BCUT2D eigenvalue weighted by Crippen LogP contribution is -2.41. The molecule has 2 aliphatic rings. The zero-order valence-electron chi connectivity index (χ0n) is 21.7. The van der Waals surface area contributed by atoms with E-state index in [4.69, 9.17) is 22.3 Å². The van der Waals surface area contributed by atoms with Crippen molar-refractivity contribution in [3.8, 4) is 11.3 Å². The minimum atomic E-state index is -0.276. The molecule has 1 aliphatic carbocycles. The second kappa shape index (κ2) is 9.93. The highest BCUT2D eigenvalue weighted by Gasteiger charge is 2.51. The number of nitrogens with two attached hydrogens (primary N) is 1. The van der Waals surface area contributed by atoms with Crippen LogP contribution < -0.4 is 11.1 Å². The van der Waals surface area contributed by atoms with Gasteiger partial charge < -0.3 is 16.0 Å². The van der Waals surface area contributed by atoms with Crippen molar-refractivity contribution in [2.24, 2.45) is 5.92 Å². The molecule has 1 aliphatic heterocycles. The number of aromatic nitrogens is 6. The van der Waals surface area contributed by atoms with E-state index in [0.29, 0.717) is 34.2 Å². The molecule has 1 aromatic carbocycles. The molecule has 5 heterocycles. The first-order valence-corrected chi connectivity index (χ1v) is 13.6. The van der Waals surface area contributed by atoms with Crippen molar-refractivity contribution in [2.75, 3.05) is 11.1 Å². The number of nitrogens with zero attached hydrogens (tertiary/aromatic N) is 7. The SMILES string of the molecule is Nc1nccn2c([C@@H]3[C@H]4CC[C@H](C4)N3C(=O)c3ccnc(Cl)n3)nc(-c3ccc(C(=O)Nc4ccccn4)cc3)c12. The maximum Gasteiger partial charge on any atom is 0.273 e. The van der Waals surface area contributed by atoms with Gasteiger partial charge in [-0.1, -0.05) is 18.2 Å². The fourth-order valence-corrected chi connectivity index (χ4v) is 6.25. The molecule has 41 heavy (non-hydrogen) atoms. The minimum Gasteiger partial charge on any atom is -0.382 e. The van der Waals surface area contributed by atoms with E-state index in [1.54, 1.807) is 48.8 Å². The molecule has 2 amide bonds. The number of pyridine rings is 1. The number of carbonyl (C=O) groups is 2. The van der Waals surface area contributed by atoms with Crippen molar-refractivity contribution < 1.29 is 9.59 Å². The van der Waals surface area contributed by atoms with Gasteiger partial charge in [0.1, 0.15) is 34.4 Å². The lowest BCUT2D eigenvalue weighted by atomic mass is 9.97. The highest BCUT2D eigenvalue weighted by Crippen LogP contribution is 2.51. The molecule has 7 rings (SSSR count). The summed E-state index contributed by atoms with van der Waals surface area (Å²) in [6, 6.07) is 13.8. The quantitative estimate of drug-likeness (QED) is 0.298. The lowest BCUT2D eigenvalue weighted by molar-refractivity contribution is 0.0571. The Morgan fingerprint density at radius 2 is 1.80 bits per heavy atom. The Balaban J connectivity index is 1.27. The van der Waals surface area contributed by atoms with Gasteiger partial charge in [-0.25, -0.2) is 24.9 Å². The third-order valence-electron chi connectivity index (χ3n) is 7.87. The van der Waals surface area contributed by atoms with Crippen molar-refractivity contribution >= 4 is 40.6 Å². The van der Waals surface area contributed by atoms with Gasteiger partial charge in [0.2, 0.25) is 5.28 Å². The first-order chi connectivity index (χ1) is 20.0. The molecule has 0 spiro atoms. The Bertz CT molecular complexity index is 1790. The molecular formula is C29H24ClN9O2. The Labute approximate surface area is 239 Å². The molecule has 2 bridgehead atoms. The van der Waals surface area contributed by atoms with Crippen molar-refractivity contribution in [3.05, 3.63) is 95.7 Å². The highest BCUT2D eigenvalue weighted by atomic mass is 35.5. The Hall–Kier alpha value is -4.90. The van der Waals surface area contributed by atoms with Crippen molar-refractivity contribution in [1.29, 1.82) is 0 Å². The van der Waals surface area contributed by atoms with Crippen molar-refractivity contribution in [3.63, 3.8) is 0 Å². The number of nitrogens with one attached hydrogen (secondary N) is 1. The van der Waals surface area contributed by atoms with Gasteiger partial charge in [-0.3, -0.25) is 14.0 Å². The van der Waals surface area contributed by atoms with Crippen LogP contribution in [0.2, 0.25) is 5.28 Å². The molecule has 12 heteroatoms. The predicted molar refractivity (Wildman–Crippen MR) is 152 cm³/mol. The number of anilines is 2. The molecule has 1 saturated carbocycles. The number of likely N-dealkylation sites (tertiary alicyclic amines) is 1. The molecular weight excluding hydrogens is 542 g/mol.